The smallest absolute Gasteiger partial charge is 0.271 e. The molecule has 0 fully saturated rings. The maximum absolute atomic E-state index is 12.0. The lowest BCUT2D eigenvalue weighted by molar-refractivity contribution is 0.0955. The lowest BCUT2D eigenvalue weighted by Gasteiger charge is -2.05. The second kappa shape index (κ2) is 7.50. The summed E-state index contributed by atoms with van der Waals surface area (Å²) in [5.41, 5.74) is 3.82. The fraction of sp³-hybridized carbons (Fsp3) is 0.222. The Balaban J connectivity index is 1.56. The van der Waals surface area contributed by atoms with Gasteiger partial charge < -0.3 is 14.2 Å². The lowest BCUT2D eigenvalue weighted by Crippen LogP contribution is -2.17. The van der Waals surface area contributed by atoms with E-state index < -0.39 is 0 Å². The molecule has 2 aromatic rings. The molecule has 0 radical (unpaired) electrons. The summed E-state index contributed by atoms with van der Waals surface area (Å²) < 4.78 is 16.0. The van der Waals surface area contributed by atoms with E-state index in [1.807, 2.05) is 13.0 Å². The Morgan fingerprint density at radius 2 is 2.00 bits per heavy atom. The van der Waals surface area contributed by atoms with Crippen molar-refractivity contribution in [1.29, 1.82) is 0 Å². The molecule has 0 bridgehead atoms. The van der Waals surface area contributed by atoms with Gasteiger partial charge in [-0.1, -0.05) is 6.92 Å². The Labute approximate surface area is 140 Å². The van der Waals surface area contributed by atoms with Crippen molar-refractivity contribution >= 4 is 12.1 Å². The molecule has 2 aromatic carbocycles. The first kappa shape index (κ1) is 15.9. The Morgan fingerprint density at radius 1 is 1.21 bits per heavy atom. The van der Waals surface area contributed by atoms with E-state index >= 15 is 0 Å². The SMILES string of the molecule is CCCOc1ccc(C(=O)N/N=C\c2ccc3c(c2)OCO3)cc1. The highest BCUT2D eigenvalue weighted by Crippen LogP contribution is 2.31. The molecule has 124 valence electrons. The van der Waals surface area contributed by atoms with E-state index in [0.717, 1.165) is 17.7 Å². The quantitative estimate of drug-likeness (QED) is 0.654. The topological polar surface area (TPSA) is 69.2 Å². The number of hydrogen-bond acceptors (Lipinski definition) is 5. The van der Waals surface area contributed by atoms with Crippen LogP contribution in [0, 0.1) is 0 Å². The predicted molar refractivity (Wildman–Crippen MR) is 89.9 cm³/mol. The van der Waals surface area contributed by atoms with Crippen LogP contribution in [0.4, 0.5) is 0 Å². The molecule has 1 amide bonds. The molecule has 1 aliphatic heterocycles. The molecule has 1 heterocycles. The minimum atomic E-state index is -0.283. The van der Waals surface area contributed by atoms with E-state index in [-0.39, 0.29) is 12.7 Å². The van der Waals surface area contributed by atoms with Gasteiger partial charge in [0, 0.05) is 5.56 Å². The van der Waals surface area contributed by atoms with Gasteiger partial charge in [0.25, 0.3) is 5.91 Å². The number of ether oxygens (including phenoxy) is 3. The zero-order chi connectivity index (χ0) is 16.8. The standard InChI is InChI=1S/C18H18N2O4/c1-2-9-22-15-6-4-14(5-7-15)18(21)20-19-11-13-3-8-16-17(10-13)24-12-23-16/h3-8,10-11H,2,9,12H2,1H3,(H,20,21)/b19-11-. The molecule has 0 unspecified atom stereocenters. The van der Waals surface area contributed by atoms with E-state index in [1.165, 1.54) is 0 Å². The molecule has 0 atom stereocenters. The van der Waals surface area contributed by atoms with Crippen LogP contribution in [-0.2, 0) is 0 Å². The summed E-state index contributed by atoms with van der Waals surface area (Å²) in [5, 5.41) is 3.96. The van der Waals surface area contributed by atoms with Gasteiger partial charge in [0.1, 0.15) is 5.75 Å². The number of carbonyl (C=O) groups excluding carboxylic acids is 1. The molecular weight excluding hydrogens is 308 g/mol. The highest BCUT2D eigenvalue weighted by Gasteiger charge is 2.12. The third kappa shape index (κ3) is 3.84. The van der Waals surface area contributed by atoms with E-state index in [2.05, 4.69) is 10.5 Å². The normalized spacial score (nSPS) is 12.4. The minimum absolute atomic E-state index is 0.227. The number of rotatable bonds is 6. The van der Waals surface area contributed by atoms with Gasteiger partial charge >= 0.3 is 0 Å². The van der Waals surface area contributed by atoms with Crippen molar-refractivity contribution in [1.82, 2.24) is 5.43 Å². The van der Waals surface area contributed by atoms with Crippen LogP contribution in [0.1, 0.15) is 29.3 Å². The van der Waals surface area contributed by atoms with Crippen LogP contribution in [0.3, 0.4) is 0 Å². The molecular formula is C18H18N2O4. The van der Waals surface area contributed by atoms with Gasteiger partial charge in [-0.2, -0.15) is 5.10 Å². The van der Waals surface area contributed by atoms with Crippen molar-refractivity contribution < 1.29 is 19.0 Å². The van der Waals surface area contributed by atoms with E-state index in [1.54, 1.807) is 42.6 Å². The van der Waals surface area contributed by atoms with Crippen molar-refractivity contribution in [2.24, 2.45) is 5.10 Å². The molecule has 0 saturated heterocycles. The number of carbonyl (C=O) groups is 1. The van der Waals surface area contributed by atoms with E-state index in [9.17, 15) is 4.79 Å². The van der Waals surface area contributed by atoms with Crippen LogP contribution in [0.2, 0.25) is 0 Å². The van der Waals surface area contributed by atoms with Crippen molar-refractivity contribution in [2.75, 3.05) is 13.4 Å². The van der Waals surface area contributed by atoms with Gasteiger partial charge in [0.15, 0.2) is 11.5 Å². The first-order valence-corrected chi connectivity index (χ1v) is 7.72. The summed E-state index contributed by atoms with van der Waals surface area (Å²) in [7, 11) is 0. The van der Waals surface area contributed by atoms with Gasteiger partial charge in [-0.05, 0) is 54.4 Å². The average Bonchev–Trinajstić information content (AvgIpc) is 3.08. The largest absolute Gasteiger partial charge is 0.494 e. The third-order valence-corrected chi connectivity index (χ3v) is 3.37. The zero-order valence-corrected chi connectivity index (χ0v) is 13.3. The van der Waals surface area contributed by atoms with Crippen LogP contribution < -0.4 is 19.6 Å². The summed E-state index contributed by atoms with van der Waals surface area (Å²) in [6.07, 6.45) is 2.50. The van der Waals surface area contributed by atoms with Crippen LogP contribution in [0.15, 0.2) is 47.6 Å². The maximum Gasteiger partial charge on any atom is 0.271 e. The predicted octanol–water partition coefficient (Wildman–Crippen LogP) is 2.97. The van der Waals surface area contributed by atoms with E-state index in [4.69, 9.17) is 14.2 Å². The Bertz CT molecular complexity index is 741. The zero-order valence-electron chi connectivity index (χ0n) is 13.3. The number of hydrazone groups is 1. The number of hydrogen-bond donors (Lipinski definition) is 1. The van der Waals surface area contributed by atoms with Crippen LogP contribution >= 0.6 is 0 Å². The molecule has 24 heavy (non-hydrogen) atoms. The summed E-state index contributed by atoms with van der Waals surface area (Å²) in [5.74, 6) is 1.85. The molecule has 1 aliphatic rings. The Morgan fingerprint density at radius 3 is 2.79 bits per heavy atom. The van der Waals surface area contributed by atoms with Crippen molar-refractivity contribution in [3.63, 3.8) is 0 Å². The van der Waals surface area contributed by atoms with Crippen molar-refractivity contribution in [2.45, 2.75) is 13.3 Å². The van der Waals surface area contributed by atoms with Crippen molar-refractivity contribution in [3.05, 3.63) is 53.6 Å². The van der Waals surface area contributed by atoms with Gasteiger partial charge in [-0.25, -0.2) is 5.43 Å². The number of amides is 1. The Hall–Kier alpha value is -3.02. The summed E-state index contributed by atoms with van der Waals surface area (Å²) in [6.45, 7) is 2.93. The molecule has 1 N–H and O–H groups in total. The summed E-state index contributed by atoms with van der Waals surface area (Å²) in [6, 6.07) is 12.4. The highest BCUT2D eigenvalue weighted by atomic mass is 16.7. The van der Waals surface area contributed by atoms with E-state index in [0.29, 0.717) is 23.7 Å². The van der Waals surface area contributed by atoms with Gasteiger partial charge in [0.2, 0.25) is 6.79 Å². The number of nitrogens with zero attached hydrogens (tertiary/aromatic N) is 1. The highest BCUT2D eigenvalue weighted by molar-refractivity contribution is 5.95. The fourth-order valence-electron chi connectivity index (χ4n) is 2.15. The number of fused-ring (bicyclic) bond motifs is 1. The van der Waals surface area contributed by atoms with Crippen LogP contribution in [-0.4, -0.2) is 25.5 Å². The van der Waals surface area contributed by atoms with Crippen LogP contribution in [0.5, 0.6) is 17.2 Å². The Kier molecular flexibility index (Phi) is 4.96. The lowest BCUT2D eigenvalue weighted by atomic mass is 10.2. The number of benzene rings is 2. The fourth-order valence-corrected chi connectivity index (χ4v) is 2.15. The second-order valence-electron chi connectivity index (χ2n) is 5.18. The minimum Gasteiger partial charge on any atom is -0.494 e. The first-order chi connectivity index (χ1) is 11.8. The van der Waals surface area contributed by atoms with Gasteiger partial charge in [-0.3, -0.25) is 4.79 Å². The van der Waals surface area contributed by atoms with Gasteiger partial charge in [-0.15, -0.1) is 0 Å². The third-order valence-electron chi connectivity index (χ3n) is 3.37. The average molecular weight is 326 g/mol. The van der Waals surface area contributed by atoms with Crippen LogP contribution in [0.25, 0.3) is 0 Å². The summed E-state index contributed by atoms with van der Waals surface area (Å²) >= 11 is 0. The monoisotopic (exact) mass is 326 g/mol. The maximum atomic E-state index is 12.0. The number of nitrogens with one attached hydrogen (secondary N) is 1. The molecule has 3 rings (SSSR count). The first-order valence-electron chi connectivity index (χ1n) is 7.72. The molecule has 6 heteroatoms. The molecule has 0 saturated carbocycles. The second-order valence-corrected chi connectivity index (χ2v) is 5.18. The molecule has 0 aliphatic carbocycles. The van der Waals surface area contributed by atoms with Gasteiger partial charge in [0.05, 0.1) is 12.8 Å². The molecule has 0 spiro atoms. The summed E-state index contributed by atoms with van der Waals surface area (Å²) in [4.78, 5) is 12.0. The van der Waals surface area contributed by atoms with Crippen molar-refractivity contribution in [3.8, 4) is 17.2 Å². The molecule has 0 aromatic heterocycles. The molecule has 6 nitrogen and oxygen atoms in total.